The molecule has 10 heteroatoms. The average Bonchev–Trinajstić information content (AvgIpc) is 2.66. The fourth-order valence-electron chi connectivity index (χ4n) is 2.35. The van der Waals surface area contributed by atoms with Crippen molar-refractivity contribution in [2.24, 2.45) is 0 Å². The Morgan fingerprint density at radius 1 is 1.33 bits per heavy atom. The second-order valence-electron chi connectivity index (χ2n) is 5.37. The third-order valence-corrected chi connectivity index (χ3v) is 4.48. The minimum atomic E-state index is -0.604. The molecule has 0 spiro atoms. The number of aromatic nitrogens is 2. The summed E-state index contributed by atoms with van der Waals surface area (Å²) >= 11 is 1.03. The Kier molecular flexibility index (Phi) is 5.36. The van der Waals surface area contributed by atoms with Crippen LogP contribution in [-0.2, 0) is 4.79 Å². The molecule has 138 valence electrons. The number of hydrogen-bond donors (Lipinski definition) is 2. The number of hydrogen-bond acceptors (Lipinski definition) is 7. The van der Waals surface area contributed by atoms with E-state index in [4.69, 9.17) is 4.74 Å². The number of ether oxygens (including phenoxy) is 1. The maximum Gasteiger partial charge on any atom is 0.296 e. The van der Waals surface area contributed by atoms with Gasteiger partial charge in [-0.05, 0) is 24.3 Å². The van der Waals surface area contributed by atoms with E-state index in [1.807, 2.05) is 0 Å². The smallest absolute Gasteiger partial charge is 0.296 e. The predicted octanol–water partition coefficient (Wildman–Crippen LogP) is 2.57. The van der Waals surface area contributed by atoms with Gasteiger partial charge in [0, 0.05) is 0 Å². The van der Waals surface area contributed by atoms with Crippen LogP contribution in [0.4, 0.5) is 11.4 Å². The van der Waals surface area contributed by atoms with Gasteiger partial charge in [-0.25, -0.2) is 4.98 Å². The van der Waals surface area contributed by atoms with Gasteiger partial charge in [-0.2, -0.15) is 0 Å². The first-order valence-electron chi connectivity index (χ1n) is 7.72. The number of nitro groups is 1. The van der Waals surface area contributed by atoms with E-state index in [-0.39, 0.29) is 27.8 Å². The molecule has 2 N–H and O–H groups in total. The van der Waals surface area contributed by atoms with Gasteiger partial charge in [-0.15, -0.1) is 0 Å². The zero-order chi connectivity index (χ0) is 19.4. The highest BCUT2D eigenvalue weighted by Crippen LogP contribution is 2.29. The molecule has 0 atom stereocenters. The van der Waals surface area contributed by atoms with Crippen LogP contribution in [0.3, 0.4) is 0 Å². The number of H-pyrrole nitrogens is 1. The maximum atomic E-state index is 12.2. The molecule has 3 aromatic rings. The number of rotatable bonds is 6. The van der Waals surface area contributed by atoms with Crippen LogP contribution in [0, 0.1) is 10.1 Å². The first-order chi connectivity index (χ1) is 13.0. The number of nitrogens with one attached hydrogen (secondary N) is 2. The number of aromatic amines is 1. The SMILES string of the molecule is COc1ccc(NC(=O)CSc2nc3ccccc3c(=O)[nH]2)c([N+](=O)[O-])c1. The number of methoxy groups -OCH3 is 1. The van der Waals surface area contributed by atoms with Crippen LogP contribution in [0.25, 0.3) is 10.9 Å². The van der Waals surface area contributed by atoms with E-state index >= 15 is 0 Å². The highest BCUT2D eigenvalue weighted by molar-refractivity contribution is 7.99. The Morgan fingerprint density at radius 2 is 2.11 bits per heavy atom. The minimum Gasteiger partial charge on any atom is -0.496 e. The second kappa shape index (κ2) is 7.87. The molecule has 0 aliphatic heterocycles. The van der Waals surface area contributed by atoms with Crippen LogP contribution in [-0.4, -0.2) is 33.7 Å². The van der Waals surface area contributed by atoms with Crippen molar-refractivity contribution in [3.63, 3.8) is 0 Å². The zero-order valence-corrected chi connectivity index (χ0v) is 14.9. The van der Waals surface area contributed by atoms with E-state index in [9.17, 15) is 19.7 Å². The monoisotopic (exact) mass is 386 g/mol. The Balaban J connectivity index is 1.72. The standard InChI is InChI=1S/C17H14N4O5S/c1-26-10-6-7-13(14(8-10)21(24)25)18-15(22)9-27-17-19-12-5-3-2-4-11(12)16(23)20-17/h2-8H,9H2,1H3,(H,18,22)(H,19,20,23). The van der Waals surface area contributed by atoms with Gasteiger partial charge in [0.05, 0.1) is 34.8 Å². The number of nitro benzene ring substituents is 1. The van der Waals surface area contributed by atoms with Crippen LogP contribution in [0.5, 0.6) is 5.75 Å². The fourth-order valence-corrected chi connectivity index (χ4v) is 3.02. The summed E-state index contributed by atoms with van der Waals surface area (Å²) in [7, 11) is 1.39. The summed E-state index contributed by atoms with van der Waals surface area (Å²) in [6.45, 7) is 0. The van der Waals surface area contributed by atoms with Gasteiger partial charge in [-0.3, -0.25) is 19.7 Å². The number of para-hydroxylation sites is 1. The van der Waals surface area contributed by atoms with Crippen LogP contribution < -0.4 is 15.6 Å². The van der Waals surface area contributed by atoms with E-state index < -0.39 is 10.8 Å². The molecule has 1 heterocycles. The van der Waals surface area contributed by atoms with Crippen molar-refractivity contribution in [1.29, 1.82) is 0 Å². The molecule has 0 aliphatic carbocycles. The molecule has 0 fully saturated rings. The summed E-state index contributed by atoms with van der Waals surface area (Å²) in [4.78, 5) is 41.6. The molecule has 0 saturated carbocycles. The largest absolute Gasteiger partial charge is 0.496 e. The summed E-state index contributed by atoms with van der Waals surface area (Å²) < 4.78 is 4.95. The molecule has 2 aromatic carbocycles. The lowest BCUT2D eigenvalue weighted by Gasteiger charge is -2.07. The molecule has 0 unspecified atom stereocenters. The van der Waals surface area contributed by atoms with Gasteiger partial charge in [-0.1, -0.05) is 23.9 Å². The van der Waals surface area contributed by atoms with Crippen molar-refractivity contribution in [1.82, 2.24) is 9.97 Å². The first-order valence-corrected chi connectivity index (χ1v) is 8.70. The van der Waals surface area contributed by atoms with Gasteiger partial charge >= 0.3 is 0 Å². The molecule has 0 saturated heterocycles. The highest BCUT2D eigenvalue weighted by atomic mass is 32.2. The molecule has 1 aromatic heterocycles. The summed E-state index contributed by atoms with van der Waals surface area (Å²) in [5, 5.41) is 14.4. The normalized spacial score (nSPS) is 10.6. The Hall–Kier alpha value is -3.40. The van der Waals surface area contributed by atoms with E-state index in [0.717, 1.165) is 11.8 Å². The molecule has 0 aliphatic rings. The van der Waals surface area contributed by atoms with Crippen molar-refractivity contribution < 1.29 is 14.5 Å². The number of fused-ring (bicyclic) bond motifs is 1. The fraction of sp³-hybridized carbons (Fsp3) is 0.118. The Morgan fingerprint density at radius 3 is 2.85 bits per heavy atom. The molecule has 27 heavy (non-hydrogen) atoms. The van der Waals surface area contributed by atoms with Crippen molar-refractivity contribution in [2.75, 3.05) is 18.2 Å². The summed E-state index contributed by atoms with van der Waals surface area (Å²) in [5.41, 5.74) is 0.0144. The molecular weight excluding hydrogens is 372 g/mol. The molecule has 9 nitrogen and oxygen atoms in total. The van der Waals surface area contributed by atoms with Crippen LogP contribution in [0.15, 0.2) is 52.4 Å². The maximum absolute atomic E-state index is 12.2. The third-order valence-electron chi connectivity index (χ3n) is 3.61. The van der Waals surface area contributed by atoms with E-state index in [0.29, 0.717) is 16.7 Å². The lowest BCUT2D eigenvalue weighted by atomic mass is 10.2. The first kappa shape index (κ1) is 18.4. The van der Waals surface area contributed by atoms with E-state index in [1.165, 1.54) is 25.3 Å². The number of benzene rings is 2. The Labute approximate surface area is 156 Å². The summed E-state index contributed by atoms with van der Waals surface area (Å²) in [6, 6.07) is 11.0. The van der Waals surface area contributed by atoms with Crippen molar-refractivity contribution in [3.05, 3.63) is 62.9 Å². The summed E-state index contributed by atoms with van der Waals surface area (Å²) in [6.07, 6.45) is 0. The number of carbonyl (C=O) groups excluding carboxylic acids is 1. The number of amides is 1. The van der Waals surface area contributed by atoms with Crippen LogP contribution in [0.2, 0.25) is 0 Å². The average molecular weight is 386 g/mol. The van der Waals surface area contributed by atoms with Crippen molar-refractivity contribution in [3.8, 4) is 5.75 Å². The Bertz CT molecular complexity index is 1080. The molecule has 0 bridgehead atoms. The lowest BCUT2D eigenvalue weighted by molar-refractivity contribution is -0.384. The van der Waals surface area contributed by atoms with Gasteiger partial charge in [0.1, 0.15) is 11.4 Å². The molecule has 1 amide bonds. The second-order valence-corrected chi connectivity index (χ2v) is 6.33. The van der Waals surface area contributed by atoms with Crippen molar-refractivity contribution in [2.45, 2.75) is 5.16 Å². The lowest BCUT2D eigenvalue weighted by Crippen LogP contribution is -2.16. The minimum absolute atomic E-state index is 0.0614. The van der Waals surface area contributed by atoms with E-state index in [1.54, 1.807) is 24.3 Å². The van der Waals surface area contributed by atoms with Crippen LogP contribution in [0.1, 0.15) is 0 Å². The van der Waals surface area contributed by atoms with Crippen LogP contribution >= 0.6 is 11.8 Å². The number of thioether (sulfide) groups is 1. The molecule has 0 radical (unpaired) electrons. The zero-order valence-electron chi connectivity index (χ0n) is 14.1. The number of carbonyl (C=O) groups is 1. The molecule has 3 rings (SSSR count). The topological polar surface area (TPSA) is 127 Å². The number of nitrogens with zero attached hydrogens (tertiary/aromatic N) is 2. The van der Waals surface area contributed by atoms with Gasteiger partial charge in [0.2, 0.25) is 5.91 Å². The molecular formula is C17H14N4O5S. The predicted molar refractivity (Wildman–Crippen MR) is 101 cm³/mol. The quantitative estimate of drug-likeness (QED) is 0.288. The number of anilines is 1. The van der Waals surface area contributed by atoms with E-state index in [2.05, 4.69) is 15.3 Å². The van der Waals surface area contributed by atoms with Gasteiger partial charge in [0.25, 0.3) is 11.2 Å². The summed E-state index contributed by atoms with van der Waals surface area (Å²) in [5.74, 6) is -0.235. The highest BCUT2D eigenvalue weighted by Gasteiger charge is 2.17. The van der Waals surface area contributed by atoms with Crippen molar-refractivity contribution >= 4 is 39.9 Å². The van der Waals surface area contributed by atoms with Gasteiger partial charge < -0.3 is 15.0 Å². The van der Waals surface area contributed by atoms with Gasteiger partial charge in [0.15, 0.2) is 5.16 Å². The third kappa shape index (κ3) is 4.23.